The number of aromatic nitrogens is 2. The van der Waals surface area contributed by atoms with E-state index < -0.39 is 0 Å². The molecule has 0 radical (unpaired) electrons. The predicted octanol–water partition coefficient (Wildman–Crippen LogP) is 3.26. The van der Waals surface area contributed by atoms with Gasteiger partial charge in [0.05, 0.1) is 26.0 Å². The van der Waals surface area contributed by atoms with Crippen LogP contribution in [0.1, 0.15) is 43.1 Å². The number of hydrogen-bond acceptors (Lipinski definition) is 6. The quantitative estimate of drug-likeness (QED) is 0.831. The molecule has 2 aromatic rings. The second-order valence-corrected chi connectivity index (χ2v) is 8.61. The van der Waals surface area contributed by atoms with E-state index in [1.54, 1.807) is 13.2 Å². The average molecular weight is 400 g/mol. The van der Waals surface area contributed by atoms with E-state index in [9.17, 15) is 4.39 Å². The van der Waals surface area contributed by atoms with Crippen molar-refractivity contribution in [3.8, 4) is 5.75 Å². The smallest absolute Gasteiger partial charge is 0.225 e. The number of ether oxygens (including phenoxy) is 2. The van der Waals surface area contributed by atoms with E-state index in [2.05, 4.69) is 29.0 Å². The molecule has 7 heteroatoms. The SMILES string of the molecule is COc1cc(F)ccc1CN[C@H]1CC(C)(C)Cc2nc(N3CCOCC3)ncc21. The third kappa shape index (κ3) is 4.51. The predicted molar refractivity (Wildman–Crippen MR) is 110 cm³/mol. The topological polar surface area (TPSA) is 59.5 Å². The van der Waals surface area contributed by atoms with Gasteiger partial charge in [-0.2, -0.15) is 0 Å². The van der Waals surface area contributed by atoms with Gasteiger partial charge in [-0.15, -0.1) is 0 Å². The van der Waals surface area contributed by atoms with Crippen molar-refractivity contribution in [2.75, 3.05) is 38.3 Å². The van der Waals surface area contributed by atoms with Crippen LogP contribution in [-0.2, 0) is 17.7 Å². The number of nitrogens with one attached hydrogen (secondary N) is 1. The van der Waals surface area contributed by atoms with Crippen LogP contribution in [0.3, 0.4) is 0 Å². The van der Waals surface area contributed by atoms with Crippen molar-refractivity contribution in [2.45, 2.75) is 39.3 Å². The first-order valence-electron chi connectivity index (χ1n) is 10.2. The summed E-state index contributed by atoms with van der Waals surface area (Å²) < 4.78 is 24.3. The number of rotatable bonds is 5. The molecular formula is C22H29FN4O2. The number of halogens is 1. The highest BCUT2D eigenvalue weighted by Crippen LogP contribution is 2.40. The Morgan fingerprint density at radius 1 is 1.31 bits per heavy atom. The minimum Gasteiger partial charge on any atom is -0.496 e. The number of methoxy groups -OCH3 is 1. The van der Waals surface area contributed by atoms with Crippen LogP contribution < -0.4 is 15.0 Å². The minimum atomic E-state index is -0.293. The van der Waals surface area contributed by atoms with Crippen LogP contribution in [0.15, 0.2) is 24.4 Å². The lowest BCUT2D eigenvalue weighted by Crippen LogP contribution is -2.39. The molecule has 0 bridgehead atoms. The Balaban J connectivity index is 1.55. The number of nitrogens with zero attached hydrogens (tertiary/aromatic N) is 3. The van der Waals surface area contributed by atoms with E-state index in [1.165, 1.54) is 12.1 Å². The lowest BCUT2D eigenvalue weighted by atomic mass is 9.74. The van der Waals surface area contributed by atoms with Gasteiger partial charge >= 0.3 is 0 Å². The summed E-state index contributed by atoms with van der Waals surface area (Å²) in [4.78, 5) is 11.8. The summed E-state index contributed by atoms with van der Waals surface area (Å²) in [6, 6.07) is 4.81. The molecule has 0 unspecified atom stereocenters. The van der Waals surface area contributed by atoms with Crippen LogP contribution in [0.25, 0.3) is 0 Å². The minimum absolute atomic E-state index is 0.133. The summed E-state index contributed by atoms with van der Waals surface area (Å²) in [5.41, 5.74) is 3.34. The van der Waals surface area contributed by atoms with E-state index in [-0.39, 0.29) is 17.3 Å². The maximum Gasteiger partial charge on any atom is 0.225 e. The van der Waals surface area contributed by atoms with Crippen LogP contribution >= 0.6 is 0 Å². The first kappa shape index (κ1) is 20.0. The van der Waals surface area contributed by atoms with E-state index in [4.69, 9.17) is 14.5 Å². The lowest BCUT2D eigenvalue weighted by Gasteiger charge is -2.37. The maximum atomic E-state index is 13.5. The normalized spacial score (nSPS) is 21.0. The standard InChI is InChI=1S/C22H29FN4O2/c1-22(2)11-18(24-13-15-4-5-16(23)10-20(15)28-3)17-14-25-21(26-19(17)12-22)27-6-8-29-9-7-27/h4-5,10,14,18,24H,6-9,11-13H2,1-3H3/t18-/m0/s1. The molecule has 2 heterocycles. The van der Waals surface area contributed by atoms with Gasteiger partial charge in [-0.05, 0) is 24.3 Å². The fourth-order valence-corrected chi connectivity index (χ4v) is 4.23. The zero-order valence-electron chi connectivity index (χ0n) is 17.4. The summed E-state index contributed by atoms with van der Waals surface area (Å²) in [6.45, 7) is 8.24. The first-order valence-corrected chi connectivity index (χ1v) is 10.2. The highest BCUT2D eigenvalue weighted by Gasteiger charge is 2.34. The van der Waals surface area contributed by atoms with Crippen molar-refractivity contribution in [1.82, 2.24) is 15.3 Å². The molecule has 0 spiro atoms. The average Bonchev–Trinajstić information content (AvgIpc) is 2.72. The molecule has 29 heavy (non-hydrogen) atoms. The van der Waals surface area contributed by atoms with Gasteiger partial charge in [-0.1, -0.05) is 19.9 Å². The number of morpholine rings is 1. The van der Waals surface area contributed by atoms with Crippen LogP contribution in [0, 0.1) is 11.2 Å². The Bertz CT molecular complexity index is 868. The van der Waals surface area contributed by atoms with Gasteiger partial charge < -0.3 is 19.7 Å². The molecule has 156 valence electrons. The van der Waals surface area contributed by atoms with E-state index >= 15 is 0 Å². The van der Waals surface area contributed by atoms with Gasteiger partial charge in [0.25, 0.3) is 0 Å². The summed E-state index contributed by atoms with van der Waals surface area (Å²) in [6.07, 6.45) is 3.89. The Morgan fingerprint density at radius 3 is 2.86 bits per heavy atom. The summed E-state index contributed by atoms with van der Waals surface area (Å²) in [7, 11) is 1.57. The van der Waals surface area contributed by atoms with Gasteiger partial charge in [0.2, 0.25) is 5.95 Å². The van der Waals surface area contributed by atoms with Crippen LogP contribution in [0.4, 0.5) is 10.3 Å². The summed E-state index contributed by atoms with van der Waals surface area (Å²) in [5.74, 6) is 1.06. The molecule has 1 aliphatic carbocycles. The third-order valence-corrected chi connectivity index (χ3v) is 5.75. The Labute approximate surface area is 171 Å². The Hall–Kier alpha value is -2.25. The van der Waals surface area contributed by atoms with Gasteiger partial charge in [-0.25, -0.2) is 14.4 Å². The number of anilines is 1. The first-order chi connectivity index (χ1) is 13.9. The van der Waals surface area contributed by atoms with E-state index in [0.29, 0.717) is 12.3 Å². The van der Waals surface area contributed by atoms with Gasteiger partial charge in [-0.3, -0.25) is 0 Å². The molecule has 4 rings (SSSR count). The third-order valence-electron chi connectivity index (χ3n) is 5.75. The number of hydrogen-bond donors (Lipinski definition) is 1. The van der Waals surface area contributed by atoms with Crippen molar-refractivity contribution < 1.29 is 13.9 Å². The molecule has 1 fully saturated rings. The second kappa shape index (κ2) is 8.24. The summed E-state index contributed by atoms with van der Waals surface area (Å²) >= 11 is 0. The van der Waals surface area contributed by atoms with Crippen LogP contribution in [0.5, 0.6) is 5.75 Å². The Kier molecular flexibility index (Phi) is 5.69. The molecule has 1 atom stereocenters. The molecule has 2 aliphatic rings. The fourth-order valence-electron chi connectivity index (χ4n) is 4.23. The largest absolute Gasteiger partial charge is 0.496 e. The zero-order chi connectivity index (χ0) is 20.4. The fraction of sp³-hybridized carbons (Fsp3) is 0.545. The van der Waals surface area contributed by atoms with E-state index in [1.807, 2.05) is 6.20 Å². The second-order valence-electron chi connectivity index (χ2n) is 8.61. The molecule has 1 aliphatic heterocycles. The van der Waals surface area contributed by atoms with Crippen molar-refractivity contribution in [3.63, 3.8) is 0 Å². The molecule has 1 N–H and O–H groups in total. The molecule has 1 aromatic carbocycles. The van der Waals surface area contributed by atoms with Crippen LogP contribution in [0.2, 0.25) is 0 Å². The number of benzene rings is 1. The monoisotopic (exact) mass is 400 g/mol. The maximum absolute atomic E-state index is 13.5. The van der Waals surface area contributed by atoms with Crippen molar-refractivity contribution in [2.24, 2.45) is 5.41 Å². The molecule has 6 nitrogen and oxygen atoms in total. The van der Waals surface area contributed by atoms with Crippen molar-refractivity contribution in [3.05, 3.63) is 47.0 Å². The highest BCUT2D eigenvalue weighted by molar-refractivity contribution is 5.37. The molecular weight excluding hydrogens is 371 g/mol. The highest BCUT2D eigenvalue weighted by atomic mass is 19.1. The summed E-state index contributed by atoms with van der Waals surface area (Å²) in [5, 5.41) is 3.63. The molecule has 1 saturated heterocycles. The van der Waals surface area contributed by atoms with Gasteiger partial charge in [0, 0.05) is 49.1 Å². The van der Waals surface area contributed by atoms with Gasteiger partial charge in [0.1, 0.15) is 11.6 Å². The lowest BCUT2D eigenvalue weighted by molar-refractivity contribution is 0.122. The molecule has 0 saturated carbocycles. The number of fused-ring (bicyclic) bond motifs is 1. The molecule has 1 aromatic heterocycles. The van der Waals surface area contributed by atoms with Crippen molar-refractivity contribution in [1.29, 1.82) is 0 Å². The van der Waals surface area contributed by atoms with Crippen molar-refractivity contribution >= 4 is 5.95 Å². The molecule has 0 amide bonds. The van der Waals surface area contributed by atoms with E-state index in [0.717, 1.165) is 61.9 Å². The Morgan fingerprint density at radius 2 is 2.10 bits per heavy atom. The zero-order valence-corrected chi connectivity index (χ0v) is 17.4. The van der Waals surface area contributed by atoms with Gasteiger partial charge in [0.15, 0.2) is 0 Å². The van der Waals surface area contributed by atoms with Crippen LogP contribution in [-0.4, -0.2) is 43.4 Å².